The second kappa shape index (κ2) is 36.2. The second-order valence-electron chi connectivity index (χ2n) is 23.6. The van der Waals surface area contributed by atoms with Gasteiger partial charge in [0.15, 0.2) is 0 Å². The first-order valence-electron chi connectivity index (χ1n) is 29.5. The quantitative estimate of drug-likeness (QED) is 0.0396. The van der Waals surface area contributed by atoms with Crippen molar-refractivity contribution in [3.05, 3.63) is 48.0 Å². The van der Waals surface area contributed by atoms with Crippen LogP contribution in [-0.4, -0.2) is 186 Å². The largest absolute Gasteiger partial charge is 0.447 e. The maximum absolute atomic E-state index is 14.8. The molecule has 2 saturated heterocycles. The maximum Gasteiger partial charge on any atom is 0.407 e. The predicted octanol–water partition coefficient (Wildman–Crippen LogP) is -0.489. The Balaban J connectivity index is 2.24. The van der Waals surface area contributed by atoms with E-state index in [2.05, 4.69) is 63.8 Å². The summed E-state index contributed by atoms with van der Waals surface area (Å²) in [4.78, 5) is 166. The summed E-state index contributed by atoms with van der Waals surface area (Å²) in [7, 11) is 0. The summed E-state index contributed by atoms with van der Waals surface area (Å²) < 4.78 is 15.5. The van der Waals surface area contributed by atoms with E-state index in [9.17, 15) is 67.7 Å². The SMILES string of the molecule is CC/C=C/CCCC[C@@H]1NC(=O)[C@@H](NC(=O)[C@@H](CO)NC(=O)[C@@H]2COC(=O)N2)CCNC(=O)[C@H]([C@@H](C)O)NC(=O)[C@H](CCNC(=O)OC(C)(C)C)NC(=O)[C@H](CCNC(=O)OC(C)(C)C)NC(=O)[C@H](CC(C)C)NC(=O)[C@@H](Cc2ccccc2)NC1=O. The molecule has 0 spiro atoms. The Kier molecular flexibility index (Phi) is 30.4. The smallest absolute Gasteiger partial charge is 0.407 e. The molecule has 87 heavy (non-hydrogen) atoms. The molecule has 12 amide bonds. The minimum Gasteiger partial charge on any atom is -0.447 e. The lowest BCUT2D eigenvalue weighted by atomic mass is 10.00. The van der Waals surface area contributed by atoms with Crippen LogP contribution in [0.2, 0.25) is 0 Å². The van der Waals surface area contributed by atoms with E-state index in [1.165, 1.54) is 6.92 Å². The monoisotopic (exact) mass is 1230 g/mol. The average molecular weight is 1230 g/mol. The van der Waals surface area contributed by atoms with Crippen LogP contribution in [0.15, 0.2) is 42.5 Å². The molecule has 0 bridgehead atoms. The fourth-order valence-corrected chi connectivity index (χ4v) is 8.73. The molecule has 14 N–H and O–H groups in total. The van der Waals surface area contributed by atoms with Crippen LogP contribution < -0.4 is 63.8 Å². The van der Waals surface area contributed by atoms with Crippen LogP contribution in [0, 0.1) is 5.92 Å². The van der Waals surface area contributed by atoms with Crippen molar-refractivity contribution in [1.29, 1.82) is 0 Å². The van der Waals surface area contributed by atoms with Gasteiger partial charge in [0, 0.05) is 26.1 Å². The van der Waals surface area contributed by atoms with E-state index < -0.39 is 163 Å². The highest BCUT2D eigenvalue weighted by atomic mass is 16.6. The molecule has 2 aliphatic heterocycles. The fourth-order valence-electron chi connectivity index (χ4n) is 8.73. The maximum atomic E-state index is 14.8. The van der Waals surface area contributed by atoms with Crippen LogP contribution in [-0.2, 0) is 63.8 Å². The molecular formula is C58H92N12O17. The number of alkyl carbamates (subject to hydrolysis) is 3. The van der Waals surface area contributed by atoms with Gasteiger partial charge in [0.25, 0.3) is 0 Å². The van der Waals surface area contributed by atoms with Gasteiger partial charge in [-0.3, -0.25) is 43.2 Å². The number of cyclic esters (lactones) is 1. The molecule has 29 nitrogen and oxygen atoms in total. The molecule has 0 aromatic heterocycles. The average Bonchev–Trinajstić information content (AvgIpc) is 3.60. The zero-order chi connectivity index (χ0) is 65.0. The lowest BCUT2D eigenvalue weighted by Gasteiger charge is -2.29. The number of unbranched alkanes of at least 4 members (excludes halogenated alkanes) is 2. The summed E-state index contributed by atoms with van der Waals surface area (Å²) in [5.74, 6) is -9.04. The Labute approximate surface area is 507 Å². The van der Waals surface area contributed by atoms with Crippen molar-refractivity contribution in [2.45, 2.75) is 205 Å². The van der Waals surface area contributed by atoms with Crippen LogP contribution in [0.5, 0.6) is 0 Å². The number of amides is 12. The number of hydrogen-bond acceptors (Lipinski definition) is 17. The first-order chi connectivity index (χ1) is 40.9. The predicted molar refractivity (Wildman–Crippen MR) is 315 cm³/mol. The molecule has 0 radical (unpaired) electrons. The van der Waals surface area contributed by atoms with Crippen molar-refractivity contribution < 1.29 is 82.0 Å². The van der Waals surface area contributed by atoms with Gasteiger partial charge in [0.2, 0.25) is 53.2 Å². The number of ether oxygens (including phenoxy) is 3. The molecule has 0 unspecified atom stereocenters. The van der Waals surface area contributed by atoms with Gasteiger partial charge in [0.05, 0.1) is 12.7 Å². The van der Waals surface area contributed by atoms with Crippen molar-refractivity contribution in [1.82, 2.24) is 63.8 Å². The molecule has 2 heterocycles. The Morgan fingerprint density at radius 3 is 1.70 bits per heavy atom. The molecule has 0 aliphatic carbocycles. The summed E-state index contributed by atoms with van der Waals surface area (Å²) in [5.41, 5.74) is -1.27. The summed E-state index contributed by atoms with van der Waals surface area (Å²) in [6.45, 7) is 13.9. The summed E-state index contributed by atoms with van der Waals surface area (Å²) >= 11 is 0. The molecule has 1 aromatic rings. The number of hydrogen-bond donors (Lipinski definition) is 14. The normalized spacial score (nSPS) is 23.1. The van der Waals surface area contributed by atoms with E-state index in [0.717, 1.165) is 6.42 Å². The third kappa shape index (κ3) is 27.9. The highest BCUT2D eigenvalue weighted by Crippen LogP contribution is 2.14. The number of nitrogens with one attached hydrogen (secondary N) is 12. The zero-order valence-corrected chi connectivity index (χ0v) is 51.5. The number of aliphatic hydroxyl groups excluding tert-OH is 2. The highest BCUT2D eigenvalue weighted by molar-refractivity contribution is 5.99. The van der Waals surface area contributed by atoms with Crippen LogP contribution in [0.25, 0.3) is 0 Å². The Morgan fingerprint density at radius 2 is 1.18 bits per heavy atom. The summed E-state index contributed by atoms with van der Waals surface area (Å²) in [5, 5.41) is 51.6. The Hall–Kier alpha value is -8.08. The lowest BCUT2D eigenvalue weighted by Crippen LogP contribution is -2.61. The molecule has 29 heteroatoms. The number of carbonyl (C=O) groups excluding carboxylic acids is 12. The topological polar surface area (TPSA) is 417 Å². The third-order valence-electron chi connectivity index (χ3n) is 13.1. The van der Waals surface area contributed by atoms with Gasteiger partial charge in [0.1, 0.15) is 72.2 Å². The molecule has 2 fully saturated rings. The van der Waals surface area contributed by atoms with Gasteiger partial charge in [-0.25, -0.2) is 14.4 Å². The van der Waals surface area contributed by atoms with Crippen LogP contribution in [0.1, 0.15) is 133 Å². The van der Waals surface area contributed by atoms with E-state index in [-0.39, 0.29) is 57.7 Å². The van der Waals surface area contributed by atoms with Crippen molar-refractivity contribution in [3.8, 4) is 0 Å². The van der Waals surface area contributed by atoms with E-state index in [0.29, 0.717) is 24.8 Å². The zero-order valence-electron chi connectivity index (χ0n) is 51.5. The van der Waals surface area contributed by atoms with Crippen molar-refractivity contribution in [3.63, 3.8) is 0 Å². The number of carbonyl (C=O) groups is 12. The Bertz CT molecular complexity index is 2540. The Morgan fingerprint density at radius 1 is 0.667 bits per heavy atom. The second-order valence-corrected chi connectivity index (χ2v) is 23.6. The van der Waals surface area contributed by atoms with Gasteiger partial charge in [-0.2, -0.15) is 0 Å². The standard InChI is InChI=1S/C58H92N12O17/c1-11-12-13-14-15-19-22-36-45(73)67-41(30-35-20-17-16-18-21-35)50(78)66-40(29-33(2)3)49(77)64-38(24-27-60-54(82)86-57(5,6)7)47(75)63-39(25-28-61-55(83)87-58(8,9)10)48(76)70-44(34(4)72)53(81)59-26-23-37(46(74)62-36)65-51(79)42(31-71)68-52(80)43-32-85-56(84)69-43/h12-13,16-18,20-21,33-34,36-44,71-72H,11,14-15,19,22-32H2,1-10H3,(H,59,81)(H,60,82)(H,61,83)(H,62,74)(H,63,75)(H,64,77)(H,65,79)(H,66,78)(H,67,73)(H,68,80)(H,69,84)(H,70,76)/b13-12+/t34-,36+,37+,38+,39+,40+,41-,42-,43+,44+/m1/s1. The number of aliphatic hydroxyl groups is 2. The van der Waals surface area contributed by atoms with E-state index in [4.69, 9.17) is 14.2 Å². The number of benzene rings is 1. The van der Waals surface area contributed by atoms with Crippen LogP contribution in [0.3, 0.4) is 0 Å². The van der Waals surface area contributed by atoms with Crippen LogP contribution >= 0.6 is 0 Å². The minimum atomic E-state index is -1.79. The first kappa shape index (κ1) is 73.2. The lowest BCUT2D eigenvalue weighted by molar-refractivity contribution is -0.136. The summed E-state index contributed by atoms with van der Waals surface area (Å²) in [6.07, 6.45) is 0.553. The molecule has 0 saturated carbocycles. The van der Waals surface area contributed by atoms with E-state index in [1.807, 2.05) is 19.1 Å². The summed E-state index contributed by atoms with van der Waals surface area (Å²) in [6, 6.07) is -5.32. The molecule has 1 aromatic carbocycles. The molecule has 10 atom stereocenters. The number of allylic oxidation sites excluding steroid dienone is 2. The van der Waals surface area contributed by atoms with Crippen LogP contribution in [0.4, 0.5) is 14.4 Å². The third-order valence-corrected chi connectivity index (χ3v) is 13.1. The highest BCUT2D eigenvalue weighted by Gasteiger charge is 2.38. The molecule has 3 rings (SSSR count). The van der Waals surface area contributed by atoms with Gasteiger partial charge >= 0.3 is 18.3 Å². The van der Waals surface area contributed by atoms with Crippen molar-refractivity contribution >= 4 is 71.4 Å². The first-order valence-corrected chi connectivity index (χ1v) is 29.5. The minimum absolute atomic E-state index is 0.0163. The van der Waals surface area contributed by atoms with Gasteiger partial charge in [-0.1, -0.05) is 69.7 Å². The molecule has 486 valence electrons. The fraction of sp³-hybridized carbons (Fsp3) is 0.655. The van der Waals surface area contributed by atoms with Crippen molar-refractivity contribution in [2.75, 3.05) is 32.8 Å². The molecule has 2 aliphatic rings. The van der Waals surface area contributed by atoms with Crippen molar-refractivity contribution in [2.24, 2.45) is 5.92 Å². The van der Waals surface area contributed by atoms with E-state index in [1.54, 1.807) is 85.7 Å². The van der Waals surface area contributed by atoms with Gasteiger partial charge < -0.3 is 88.2 Å². The molecular weight excluding hydrogens is 1140 g/mol. The number of rotatable bonds is 22. The van der Waals surface area contributed by atoms with E-state index >= 15 is 0 Å². The van der Waals surface area contributed by atoms with Gasteiger partial charge in [-0.05, 0) is 111 Å². The van der Waals surface area contributed by atoms with Gasteiger partial charge in [-0.15, -0.1) is 0 Å².